The molecule has 8 nitrogen and oxygen atoms in total. The molecule has 1 aliphatic carbocycles. The van der Waals surface area contributed by atoms with Gasteiger partial charge in [-0.05, 0) is 56.4 Å². The summed E-state index contributed by atoms with van der Waals surface area (Å²) in [6, 6.07) is 3.29. The van der Waals surface area contributed by atoms with E-state index in [1.807, 2.05) is 19.1 Å². The number of pyridine rings is 1. The highest BCUT2D eigenvalue weighted by atomic mass is 19.1. The number of aryl methyl sites for hydroxylation is 1. The van der Waals surface area contributed by atoms with Crippen LogP contribution in [0.1, 0.15) is 48.1 Å². The lowest BCUT2D eigenvalue weighted by atomic mass is 10.0. The van der Waals surface area contributed by atoms with Crippen molar-refractivity contribution in [3.63, 3.8) is 0 Å². The normalized spacial score (nSPS) is 17.2. The molecule has 1 amide bonds. The third-order valence-electron chi connectivity index (χ3n) is 6.00. The number of fused-ring (bicyclic) bond motifs is 1. The van der Waals surface area contributed by atoms with Gasteiger partial charge in [-0.1, -0.05) is 6.08 Å². The van der Waals surface area contributed by atoms with E-state index in [0.29, 0.717) is 42.4 Å². The summed E-state index contributed by atoms with van der Waals surface area (Å²) in [7, 11) is 1.38. The third-order valence-corrected chi connectivity index (χ3v) is 6.00. The van der Waals surface area contributed by atoms with Crippen LogP contribution in [0.15, 0.2) is 28.8 Å². The third kappa shape index (κ3) is 3.79. The molecule has 1 fully saturated rings. The number of methoxy groups -OCH3 is 1. The van der Waals surface area contributed by atoms with Gasteiger partial charge in [-0.15, -0.1) is 0 Å². The molecule has 1 N–H and O–H groups in total. The first-order chi connectivity index (χ1) is 15.3. The van der Waals surface area contributed by atoms with Crippen molar-refractivity contribution in [2.24, 2.45) is 0 Å². The maximum absolute atomic E-state index is 14.0. The standard InChI is InChI=1S/C23H24FN5O3/c1-13-10-16-18(28-23(2)6-7-23)26-19(27-20(16)32-13)22(30)29-8-4-14(5-9-29)15-11-17(24)21(31-3)25-12-15/h4,10-12H,5-9H2,1-3H3,(H,26,27,28). The molecule has 166 valence electrons. The second-order valence-corrected chi connectivity index (χ2v) is 8.60. The van der Waals surface area contributed by atoms with E-state index in [-0.39, 0.29) is 23.2 Å². The highest BCUT2D eigenvalue weighted by Gasteiger charge is 2.38. The number of aromatic nitrogens is 3. The van der Waals surface area contributed by atoms with Gasteiger partial charge >= 0.3 is 0 Å². The minimum atomic E-state index is -0.510. The van der Waals surface area contributed by atoms with Crippen LogP contribution in [-0.4, -0.2) is 51.5 Å². The van der Waals surface area contributed by atoms with Crippen molar-refractivity contribution < 1.29 is 18.3 Å². The van der Waals surface area contributed by atoms with Gasteiger partial charge in [0.15, 0.2) is 5.82 Å². The van der Waals surface area contributed by atoms with E-state index in [2.05, 4.69) is 27.2 Å². The van der Waals surface area contributed by atoms with Gasteiger partial charge in [0.2, 0.25) is 17.4 Å². The number of ether oxygens (including phenoxy) is 1. The zero-order chi connectivity index (χ0) is 22.5. The molecular formula is C23H24FN5O3. The Labute approximate surface area is 184 Å². The fraction of sp³-hybridized carbons (Fsp3) is 0.391. The van der Waals surface area contributed by atoms with Crippen molar-refractivity contribution in [3.05, 3.63) is 47.4 Å². The van der Waals surface area contributed by atoms with E-state index in [4.69, 9.17) is 9.15 Å². The van der Waals surface area contributed by atoms with E-state index >= 15 is 0 Å². The highest BCUT2D eigenvalue weighted by molar-refractivity contribution is 5.95. The molecule has 32 heavy (non-hydrogen) atoms. The number of anilines is 1. The number of halogens is 1. The Morgan fingerprint density at radius 3 is 2.78 bits per heavy atom. The summed E-state index contributed by atoms with van der Waals surface area (Å²) in [6.45, 7) is 4.82. The smallest absolute Gasteiger partial charge is 0.292 e. The van der Waals surface area contributed by atoms with E-state index in [1.165, 1.54) is 13.2 Å². The van der Waals surface area contributed by atoms with Crippen LogP contribution in [0.25, 0.3) is 16.7 Å². The van der Waals surface area contributed by atoms with Crippen LogP contribution in [0, 0.1) is 12.7 Å². The number of nitrogens with one attached hydrogen (secondary N) is 1. The number of rotatable bonds is 5. The first-order valence-electron chi connectivity index (χ1n) is 10.6. The van der Waals surface area contributed by atoms with Crippen molar-refractivity contribution in [2.75, 3.05) is 25.5 Å². The molecule has 0 unspecified atom stereocenters. The van der Waals surface area contributed by atoms with Crippen LogP contribution in [0.2, 0.25) is 0 Å². The lowest BCUT2D eigenvalue weighted by Crippen LogP contribution is -2.36. The van der Waals surface area contributed by atoms with Crippen LogP contribution < -0.4 is 10.1 Å². The largest absolute Gasteiger partial charge is 0.479 e. The lowest BCUT2D eigenvalue weighted by Gasteiger charge is -2.26. The molecule has 3 aromatic heterocycles. The van der Waals surface area contributed by atoms with Gasteiger partial charge in [0.05, 0.1) is 12.5 Å². The molecule has 0 aromatic carbocycles. The van der Waals surface area contributed by atoms with E-state index in [0.717, 1.165) is 23.8 Å². The van der Waals surface area contributed by atoms with Gasteiger partial charge in [-0.25, -0.2) is 14.4 Å². The van der Waals surface area contributed by atoms with E-state index in [1.54, 1.807) is 11.1 Å². The van der Waals surface area contributed by atoms with Gasteiger partial charge in [0.25, 0.3) is 5.91 Å². The van der Waals surface area contributed by atoms with Crippen LogP contribution in [0.3, 0.4) is 0 Å². The number of hydrogen-bond donors (Lipinski definition) is 1. The molecule has 0 radical (unpaired) electrons. The maximum atomic E-state index is 14.0. The molecule has 1 saturated carbocycles. The Kier molecular flexibility index (Phi) is 4.83. The Morgan fingerprint density at radius 1 is 1.31 bits per heavy atom. The van der Waals surface area contributed by atoms with Crippen molar-refractivity contribution >= 4 is 28.4 Å². The van der Waals surface area contributed by atoms with Crippen molar-refractivity contribution in [1.82, 2.24) is 19.9 Å². The van der Waals surface area contributed by atoms with Crippen LogP contribution >= 0.6 is 0 Å². The van der Waals surface area contributed by atoms with Gasteiger partial charge in [-0.3, -0.25) is 4.79 Å². The Morgan fingerprint density at radius 2 is 2.12 bits per heavy atom. The molecule has 1 aliphatic heterocycles. The second kappa shape index (κ2) is 7.58. The molecule has 5 rings (SSSR count). The number of amides is 1. The Bertz CT molecular complexity index is 1250. The first-order valence-corrected chi connectivity index (χ1v) is 10.6. The average molecular weight is 437 g/mol. The molecule has 2 aliphatic rings. The van der Waals surface area contributed by atoms with Gasteiger partial charge in [0.1, 0.15) is 11.6 Å². The number of carbonyl (C=O) groups is 1. The summed E-state index contributed by atoms with van der Waals surface area (Å²) in [5.41, 5.74) is 2.02. The lowest BCUT2D eigenvalue weighted by molar-refractivity contribution is 0.0761. The highest BCUT2D eigenvalue weighted by Crippen LogP contribution is 2.39. The number of hydrogen-bond acceptors (Lipinski definition) is 7. The first kappa shape index (κ1) is 20.4. The summed E-state index contributed by atoms with van der Waals surface area (Å²) < 4.78 is 24.6. The van der Waals surface area contributed by atoms with Crippen molar-refractivity contribution in [3.8, 4) is 5.88 Å². The molecule has 3 aromatic rings. The SMILES string of the molecule is COc1ncc(C2=CCN(C(=O)c3nc(NC4(C)CC4)c4cc(C)oc4n3)CC2)cc1F. The summed E-state index contributed by atoms with van der Waals surface area (Å²) in [4.78, 5) is 27.8. The van der Waals surface area contributed by atoms with Gasteiger partial charge in [-0.2, -0.15) is 4.98 Å². The molecule has 0 bridgehead atoms. The molecule has 0 saturated heterocycles. The Hall–Kier alpha value is -3.49. The van der Waals surface area contributed by atoms with Gasteiger partial charge < -0.3 is 19.4 Å². The van der Waals surface area contributed by atoms with Crippen LogP contribution in [-0.2, 0) is 0 Å². The molecule has 0 spiro atoms. The maximum Gasteiger partial charge on any atom is 0.292 e. The monoisotopic (exact) mass is 437 g/mol. The summed E-state index contributed by atoms with van der Waals surface area (Å²) in [5, 5.41) is 4.22. The fourth-order valence-corrected chi connectivity index (χ4v) is 3.84. The number of nitrogens with zero attached hydrogens (tertiary/aromatic N) is 4. The molecule has 9 heteroatoms. The predicted molar refractivity (Wildman–Crippen MR) is 117 cm³/mol. The minimum absolute atomic E-state index is 0.00276. The summed E-state index contributed by atoms with van der Waals surface area (Å²) in [5.74, 6) is 0.639. The Balaban J connectivity index is 1.38. The summed E-state index contributed by atoms with van der Waals surface area (Å²) >= 11 is 0. The number of furan rings is 1. The van der Waals surface area contributed by atoms with Crippen molar-refractivity contribution in [2.45, 2.75) is 38.6 Å². The van der Waals surface area contributed by atoms with E-state index in [9.17, 15) is 9.18 Å². The molecule has 4 heterocycles. The van der Waals surface area contributed by atoms with Crippen LogP contribution in [0.5, 0.6) is 5.88 Å². The molecular weight excluding hydrogens is 413 g/mol. The van der Waals surface area contributed by atoms with Gasteiger partial charge in [0, 0.05) is 24.8 Å². The second-order valence-electron chi connectivity index (χ2n) is 8.60. The zero-order valence-electron chi connectivity index (χ0n) is 18.2. The van der Waals surface area contributed by atoms with Crippen LogP contribution in [0.4, 0.5) is 10.2 Å². The predicted octanol–water partition coefficient (Wildman–Crippen LogP) is 3.97. The average Bonchev–Trinajstić information content (AvgIpc) is 3.38. The molecule has 0 atom stereocenters. The number of carbonyl (C=O) groups excluding carboxylic acids is 1. The topological polar surface area (TPSA) is 93.4 Å². The fourth-order valence-electron chi connectivity index (χ4n) is 3.84. The summed E-state index contributed by atoms with van der Waals surface area (Å²) in [6.07, 6.45) is 6.17. The quantitative estimate of drug-likeness (QED) is 0.646. The zero-order valence-corrected chi connectivity index (χ0v) is 18.2. The minimum Gasteiger partial charge on any atom is -0.479 e. The van der Waals surface area contributed by atoms with E-state index < -0.39 is 5.82 Å². The van der Waals surface area contributed by atoms with Crippen molar-refractivity contribution in [1.29, 1.82) is 0 Å².